The Balaban J connectivity index is 2.07. The van der Waals surface area contributed by atoms with Crippen molar-refractivity contribution in [1.82, 2.24) is 0 Å². The van der Waals surface area contributed by atoms with E-state index in [0.717, 1.165) is 6.42 Å². The molecule has 152 valence electrons. The summed E-state index contributed by atoms with van der Waals surface area (Å²) in [4.78, 5) is 0. The van der Waals surface area contributed by atoms with Crippen LogP contribution in [0.3, 0.4) is 0 Å². The van der Waals surface area contributed by atoms with Gasteiger partial charge in [-0.15, -0.1) is 0 Å². The van der Waals surface area contributed by atoms with Crippen molar-refractivity contribution in [2.24, 2.45) is 5.41 Å². The number of hydrogen-bond donors (Lipinski definition) is 5. The first-order valence-electron chi connectivity index (χ1n) is 9.40. The Hall–Kier alpha value is -0.540. The van der Waals surface area contributed by atoms with Gasteiger partial charge in [0.05, 0.1) is 18.8 Å². The molecule has 0 aromatic carbocycles. The zero-order valence-corrected chi connectivity index (χ0v) is 16.1. The monoisotopic (exact) mass is 374 g/mol. The van der Waals surface area contributed by atoms with Crippen molar-refractivity contribution >= 4 is 0 Å². The van der Waals surface area contributed by atoms with E-state index < -0.39 is 37.3 Å². The van der Waals surface area contributed by atoms with Gasteiger partial charge in [-0.2, -0.15) is 0 Å². The summed E-state index contributed by atoms with van der Waals surface area (Å²) in [5.74, 6) is 0. The highest BCUT2D eigenvalue weighted by Gasteiger charge is 2.45. The van der Waals surface area contributed by atoms with E-state index in [1.165, 1.54) is 11.1 Å². The summed E-state index contributed by atoms with van der Waals surface area (Å²) in [6.45, 7) is 7.65. The standard InChI is InChI=1S/C19H34O7/c1-10-7-12(8-19(3,4)13(10)6-5-11(2)21)25-18-17(24)16(23)15(22)14(9-20)26-18/h11-12,14-18,20-24H,5-9H2,1-4H3/t11-,12-,14-,15-,16-,17-,18+/m1/s1. The molecule has 0 bridgehead atoms. The minimum Gasteiger partial charge on any atom is -0.394 e. The van der Waals surface area contributed by atoms with Crippen LogP contribution in [0, 0.1) is 5.41 Å². The first-order valence-corrected chi connectivity index (χ1v) is 9.40. The fourth-order valence-electron chi connectivity index (χ4n) is 4.18. The third kappa shape index (κ3) is 4.84. The van der Waals surface area contributed by atoms with Crippen molar-refractivity contribution in [2.45, 2.75) is 96.3 Å². The molecule has 2 rings (SSSR count). The van der Waals surface area contributed by atoms with Crippen molar-refractivity contribution in [3.05, 3.63) is 11.1 Å². The number of ether oxygens (including phenoxy) is 2. The average molecular weight is 374 g/mol. The molecule has 1 fully saturated rings. The Bertz CT molecular complexity index is 500. The molecule has 7 atom stereocenters. The Kier molecular flexibility index (Phi) is 7.23. The zero-order valence-electron chi connectivity index (χ0n) is 16.1. The van der Waals surface area contributed by atoms with Crippen LogP contribution >= 0.6 is 0 Å². The first-order chi connectivity index (χ1) is 12.1. The molecule has 5 N–H and O–H groups in total. The van der Waals surface area contributed by atoms with Crippen LogP contribution in [0.5, 0.6) is 0 Å². The van der Waals surface area contributed by atoms with Crippen LogP contribution in [0.2, 0.25) is 0 Å². The molecule has 0 spiro atoms. The van der Waals surface area contributed by atoms with Crippen LogP contribution in [-0.4, -0.2) is 75.1 Å². The van der Waals surface area contributed by atoms with Gasteiger partial charge in [-0.25, -0.2) is 0 Å². The molecule has 1 heterocycles. The second kappa shape index (κ2) is 8.65. The maximum atomic E-state index is 10.2. The molecule has 0 unspecified atom stereocenters. The van der Waals surface area contributed by atoms with Gasteiger partial charge in [-0.3, -0.25) is 0 Å². The van der Waals surface area contributed by atoms with E-state index in [4.69, 9.17) is 9.47 Å². The van der Waals surface area contributed by atoms with Gasteiger partial charge in [0.1, 0.15) is 24.4 Å². The van der Waals surface area contributed by atoms with E-state index in [-0.39, 0.29) is 17.6 Å². The summed E-state index contributed by atoms with van der Waals surface area (Å²) >= 11 is 0. The highest BCUT2D eigenvalue weighted by Crippen LogP contribution is 2.44. The Labute approximate surface area is 155 Å². The Morgan fingerprint density at radius 2 is 1.85 bits per heavy atom. The van der Waals surface area contributed by atoms with Crippen molar-refractivity contribution in [1.29, 1.82) is 0 Å². The van der Waals surface area contributed by atoms with Crippen molar-refractivity contribution in [2.75, 3.05) is 6.61 Å². The minimum absolute atomic E-state index is 0.115. The highest BCUT2D eigenvalue weighted by molar-refractivity contribution is 5.24. The molecule has 7 nitrogen and oxygen atoms in total. The molecule has 0 aromatic rings. The van der Waals surface area contributed by atoms with Crippen LogP contribution in [0.25, 0.3) is 0 Å². The van der Waals surface area contributed by atoms with Gasteiger partial charge < -0.3 is 35.0 Å². The highest BCUT2D eigenvalue weighted by atomic mass is 16.7. The number of rotatable bonds is 6. The lowest BCUT2D eigenvalue weighted by Gasteiger charge is -2.44. The van der Waals surface area contributed by atoms with Crippen LogP contribution in [0.4, 0.5) is 0 Å². The number of aliphatic hydroxyl groups is 5. The molecule has 0 radical (unpaired) electrons. The summed E-state index contributed by atoms with van der Waals surface area (Å²) in [6, 6.07) is 0. The van der Waals surface area contributed by atoms with Crippen LogP contribution in [0.1, 0.15) is 53.4 Å². The predicted molar refractivity (Wildman–Crippen MR) is 95.3 cm³/mol. The predicted octanol–water partition coefficient (Wildman–Crippen LogP) is 0.469. The van der Waals surface area contributed by atoms with Gasteiger partial charge in [0.25, 0.3) is 0 Å². The molecule has 7 heteroatoms. The Morgan fingerprint density at radius 3 is 2.38 bits per heavy atom. The molecule has 2 aliphatic rings. The van der Waals surface area contributed by atoms with Crippen molar-refractivity contribution < 1.29 is 35.0 Å². The third-order valence-corrected chi connectivity index (χ3v) is 5.59. The molecule has 0 amide bonds. The van der Waals surface area contributed by atoms with E-state index in [9.17, 15) is 25.5 Å². The summed E-state index contributed by atoms with van der Waals surface area (Å²) in [7, 11) is 0. The lowest BCUT2D eigenvalue weighted by atomic mass is 9.70. The molecule has 1 aliphatic heterocycles. The molecule has 26 heavy (non-hydrogen) atoms. The summed E-state index contributed by atoms with van der Waals surface area (Å²) < 4.78 is 11.4. The quantitative estimate of drug-likeness (QED) is 0.429. The van der Waals surface area contributed by atoms with E-state index in [1.807, 2.05) is 0 Å². The molecule has 0 aromatic heterocycles. The largest absolute Gasteiger partial charge is 0.394 e. The van der Waals surface area contributed by atoms with E-state index >= 15 is 0 Å². The maximum absolute atomic E-state index is 10.2. The third-order valence-electron chi connectivity index (χ3n) is 5.59. The van der Waals surface area contributed by atoms with E-state index in [2.05, 4.69) is 20.8 Å². The lowest BCUT2D eigenvalue weighted by Crippen LogP contribution is -2.59. The molecule has 1 saturated heterocycles. The van der Waals surface area contributed by atoms with Crippen LogP contribution in [0.15, 0.2) is 11.1 Å². The Morgan fingerprint density at radius 1 is 1.19 bits per heavy atom. The fourth-order valence-corrected chi connectivity index (χ4v) is 4.18. The number of aliphatic hydroxyl groups excluding tert-OH is 5. The topological polar surface area (TPSA) is 120 Å². The van der Waals surface area contributed by atoms with Crippen molar-refractivity contribution in [3.8, 4) is 0 Å². The van der Waals surface area contributed by atoms with Crippen molar-refractivity contribution in [3.63, 3.8) is 0 Å². The van der Waals surface area contributed by atoms with Gasteiger partial charge in [-0.1, -0.05) is 25.0 Å². The fraction of sp³-hybridized carbons (Fsp3) is 0.895. The lowest BCUT2D eigenvalue weighted by molar-refractivity contribution is -0.313. The summed E-state index contributed by atoms with van der Waals surface area (Å²) in [5.41, 5.74) is 2.42. The van der Waals surface area contributed by atoms with Gasteiger partial charge in [0.15, 0.2) is 6.29 Å². The zero-order chi connectivity index (χ0) is 19.6. The van der Waals surface area contributed by atoms with E-state index in [1.54, 1.807) is 6.92 Å². The molecule has 0 saturated carbocycles. The SMILES string of the molecule is CC1=C(CC[C@@H](C)O)C(C)(C)C[C@H](O[C@H]2O[C@H](CO)[C@@H](O)[C@@H](O)[C@H]2O)C1. The maximum Gasteiger partial charge on any atom is 0.186 e. The summed E-state index contributed by atoms with van der Waals surface area (Å²) in [5, 5.41) is 48.8. The van der Waals surface area contributed by atoms with E-state index in [0.29, 0.717) is 19.3 Å². The van der Waals surface area contributed by atoms with Gasteiger partial charge in [0.2, 0.25) is 0 Å². The molecule has 1 aliphatic carbocycles. The second-order valence-electron chi connectivity index (χ2n) is 8.39. The average Bonchev–Trinajstić information content (AvgIpc) is 2.53. The van der Waals surface area contributed by atoms with Gasteiger partial charge in [-0.05, 0) is 44.9 Å². The molecular formula is C19H34O7. The van der Waals surface area contributed by atoms with Crippen LogP contribution < -0.4 is 0 Å². The molecular weight excluding hydrogens is 340 g/mol. The van der Waals surface area contributed by atoms with Crippen LogP contribution in [-0.2, 0) is 9.47 Å². The van der Waals surface area contributed by atoms with Gasteiger partial charge >= 0.3 is 0 Å². The first kappa shape index (κ1) is 21.8. The smallest absolute Gasteiger partial charge is 0.186 e. The summed E-state index contributed by atoms with van der Waals surface area (Å²) in [6.07, 6.45) is -3.86. The number of hydrogen-bond acceptors (Lipinski definition) is 7. The minimum atomic E-state index is -1.43. The second-order valence-corrected chi connectivity index (χ2v) is 8.39. The normalized spacial score (nSPS) is 39.1. The van der Waals surface area contributed by atoms with Gasteiger partial charge in [0, 0.05) is 0 Å². The number of allylic oxidation sites excluding steroid dienone is 1.